The van der Waals surface area contributed by atoms with Gasteiger partial charge in [-0.15, -0.1) is 0 Å². The second-order valence-electron chi connectivity index (χ2n) is 5.89. The molecular formula is C17H21NO3. The predicted octanol–water partition coefficient (Wildman–Crippen LogP) is 2.17. The number of ether oxygens (including phenoxy) is 1. The predicted molar refractivity (Wildman–Crippen MR) is 78.6 cm³/mol. The second-order valence-corrected chi connectivity index (χ2v) is 5.89. The Morgan fingerprint density at radius 1 is 1.19 bits per heavy atom. The Hall–Kier alpha value is -1.68. The average Bonchev–Trinajstić information content (AvgIpc) is 2.53. The van der Waals surface area contributed by atoms with Crippen molar-refractivity contribution in [2.24, 2.45) is 5.92 Å². The number of rotatable bonds is 3. The minimum absolute atomic E-state index is 0.211. The molecular weight excluding hydrogens is 266 g/mol. The van der Waals surface area contributed by atoms with E-state index in [1.54, 1.807) is 0 Å². The fourth-order valence-electron chi connectivity index (χ4n) is 3.43. The van der Waals surface area contributed by atoms with Crippen LogP contribution in [-0.2, 0) is 20.9 Å². The molecule has 0 saturated carbocycles. The van der Waals surface area contributed by atoms with E-state index in [1.807, 2.05) is 30.3 Å². The molecule has 0 aromatic heterocycles. The number of nitrogens with zero attached hydrogens (tertiary/aromatic N) is 1. The van der Waals surface area contributed by atoms with Crippen LogP contribution < -0.4 is 0 Å². The number of hydrogen-bond donors (Lipinski definition) is 0. The van der Waals surface area contributed by atoms with Crippen LogP contribution in [0.5, 0.6) is 0 Å². The zero-order valence-corrected chi connectivity index (χ0v) is 12.2. The Kier molecular flexibility index (Phi) is 4.34. The molecule has 2 saturated heterocycles. The van der Waals surface area contributed by atoms with Crippen molar-refractivity contribution in [2.75, 3.05) is 13.1 Å². The molecule has 3 rings (SSSR count). The summed E-state index contributed by atoms with van der Waals surface area (Å²) in [5, 5.41) is 0. The van der Waals surface area contributed by atoms with Crippen molar-refractivity contribution >= 4 is 11.8 Å². The average molecular weight is 287 g/mol. The lowest BCUT2D eigenvalue weighted by molar-refractivity contribution is -0.158. The number of carbonyl (C=O) groups is 2. The van der Waals surface area contributed by atoms with E-state index < -0.39 is 0 Å². The largest absolute Gasteiger partial charge is 0.461 e. The van der Waals surface area contributed by atoms with Crippen molar-refractivity contribution in [1.29, 1.82) is 0 Å². The van der Waals surface area contributed by atoms with Crippen molar-refractivity contribution in [1.82, 2.24) is 4.90 Å². The van der Waals surface area contributed by atoms with Crippen LogP contribution in [0.25, 0.3) is 0 Å². The summed E-state index contributed by atoms with van der Waals surface area (Å²) in [5.74, 6) is -0.290. The number of benzene rings is 1. The number of fused-ring (bicyclic) bond motifs is 1. The molecule has 112 valence electrons. The first-order valence-electron chi connectivity index (χ1n) is 7.73. The smallest absolute Gasteiger partial charge is 0.311 e. The molecule has 1 aromatic rings. The molecule has 2 atom stereocenters. The van der Waals surface area contributed by atoms with Gasteiger partial charge in [-0.05, 0) is 37.9 Å². The Morgan fingerprint density at radius 3 is 2.76 bits per heavy atom. The normalized spacial score (nSPS) is 26.2. The van der Waals surface area contributed by atoms with Crippen molar-refractivity contribution < 1.29 is 14.3 Å². The highest BCUT2D eigenvalue weighted by Crippen LogP contribution is 2.30. The first-order valence-corrected chi connectivity index (χ1v) is 7.73. The van der Waals surface area contributed by atoms with E-state index in [-0.39, 0.29) is 30.3 Å². The van der Waals surface area contributed by atoms with Gasteiger partial charge in [0.15, 0.2) is 5.78 Å². The zero-order valence-electron chi connectivity index (χ0n) is 12.2. The van der Waals surface area contributed by atoms with E-state index >= 15 is 0 Å². The molecule has 4 nitrogen and oxygen atoms in total. The third-order valence-corrected chi connectivity index (χ3v) is 4.46. The van der Waals surface area contributed by atoms with Crippen LogP contribution in [0.3, 0.4) is 0 Å². The zero-order chi connectivity index (χ0) is 14.7. The second kappa shape index (κ2) is 6.39. The van der Waals surface area contributed by atoms with Gasteiger partial charge in [-0.1, -0.05) is 30.3 Å². The Bertz CT molecular complexity index is 512. The highest BCUT2D eigenvalue weighted by Gasteiger charge is 2.42. The third-order valence-electron chi connectivity index (χ3n) is 4.46. The summed E-state index contributed by atoms with van der Waals surface area (Å²) in [6.45, 7) is 2.15. The van der Waals surface area contributed by atoms with Crippen molar-refractivity contribution in [3.63, 3.8) is 0 Å². The Labute approximate surface area is 125 Å². The van der Waals surface area contributed by atoms with E-state index in [9.17, 15) is 9.59 Å². The minimum Gasteiger partial charge on any atom is -0.461 e. The number of carbonyl (C=O) groups excluding carboxylic acids is 2. The molecule has 2 fully saturated rings. The monoisotopic (exact) mass is 287 g/mol. The van der Waals surface area contributed by atoms with Gasteiger partial charge in [-0.2, -0.15) is 0 Å². The number of piperidine rings is 2. The molecule has 2 aliphatic rings. The van der Waals surface area contributed by atoms with Gasteiger partial charge < -0.3 is 4.74 Å². The van der Waals surface area contributed by atoms with Crippen LogP contribution in [0, 0.1) is 5.92 Å². The third kappa shape index (κ3) is 3.16. The summed E-state index contributed by atoms with van der Waals surface area (Å²) in [6, 6.07) is 9.42. The van der Waals surface area contributed by atoms with Gasteiger partial charge in [0, 0.05) is 6.42 Å². The van der Waals surface area contributed by atoms with Gasteiger partial charge in [-0.3, -0.25) is 14.5 Å². The lowest BCUT2D eigenvalue weighted by Gasteiger charge is -2.41. The molecule has 0 amide bonds. The summed E-state index contributed by atoms with van der Waals surface area (Å²) in [4.78, 5) is 26.7. The fraction of sp³-hybridized carbons (Fsp3) is 0.529. The van der Waals surface area contributed by atoms with Crippen molar-refractivity contribution in [3.8, 4) is 0 Å². The van der Waals surface area contributed by atoms with Crippen LogP contribution in [0.4, 0.5) is 0 Å². The van der Waals surface area contributed by atoms with Gasteiger partial charge >= 0.3 is 5.97 Å². The van der Waals surface area contributed by atoms with Crippen LogP contribution in [-0.4, -0.2) is 35.8 Å². The van der Waals surface area contributed by atoms with E-state index in [2.05, 4.69) is 4.90 Å². The van der Waals surface area contributed by atoms with E-state index in [0.29, 0.717) is 6.42 Å². The maximum absolute atomic E-state index is 12.4. The van der Waals surface area contributed by atoms with Gasteiger partial charge in [0.1, 0.15) is 6.61 Å². The SMILES string of the molecule is O=C1CCCN2CCC[C@@H](C(=O)OCc3ccccc3)[C@@H]12. The molecule has 1 aromatic carbocycles. The van der Waals surface area contributed by atoms with Crippen LogP contribution >= 0.6 is 0 Å². The first-order chi connectivity index (χ1) is 10.3. The van der Waals surface area contributed by atoms with Gasteiger partial charge in [-0.25, -0.2) is 0 Å². The lowest BCUT2D eigenvalue weighted by Crippen LogP contribution is -2.55. The fourth-order valence-corrected chi connectivity index (χ4v) is 3.43. The van der Waals surface area contributed by atoms with Gasteiger partial charge in [0.25, 0.3) is 0 Å². The minimum atomic E-state index is -0.282. The molecule has 0 N–H and O–H groups in total. The highest BCUT2D eigenvalue weighted by molar-refractivity contribution is 5.90. The van der Waals surface area contributed by atoms with Gasteiger partial charge in [0.2, 0.25) is 0 Å². The highest BCUT2D eigenvalue weighted by atomic mass is 16.5. The van der Waals surface area contributed by atoms with E-state index in [1.165, 1.54) is 0 Å². The first kappa shape index (κ1) is 14.3. The molecule has 4 heteroatoms. The topological polar surface area (TPSA) is 46.6 Å². The number of ketones is 1. The van der Waals surface area contributed by atoms with Crippen LogP contribution in [0.15, 0.2) is 30.3 Å². The molecule has 21 heavy (non-hydrogen) atoms. The molecule has 0 aliphatic carbocycles. The Morgan fingerprint density at radius 2 is 1.95 bits per heavy atom. The molecule has 0 bridgehead atoms. The van der Waals surface area contributed by atoms with Crippen molar-refractivity contribution in [2.45, 2.75) is 38.3 Å². The summed E-state index contributed by atoms with van der Waals surface area (Å²) >= 11 is 0. The van der Waals surface area contributed by atoms with E-state index in [0.717, 1.165) is 37.9 Å². The maximum Gasteiger partial charge on any atom is 0.311 e. The van der Waals surface area contributed by atoms with Crippen LogP contribution in [0.1, 0.15) is 31.2 Å². The summed E-state index contributed by atoms with van der Waals surface area (Å²) in [7, 11) is 0. The van der Waals surface area contributed by atoms with Crippen LogP contribution in [0.2, 0.25) is 0 Å². The summed E-state index contributed by atoms with van der Waals surface area (Å²) in [6.07, 6.45) is 3.25. The molecule has 2 heterocycles. The van der Waals surface area contributed by atoms with E-state index in [4.69, 9.17) is 4.74 Å². The standard InChI is InChI=1S/C17H21NO3/c19-15-9-5-11-18-10-4-8-14(16(15)18)17(20)21-12-13-6-2-1-3-7-13/h1-3,6-7,14,16H,4-5,8-12H2/t14-,16+/m1/s1. The van der Waals surface area contributed by atoms with Crippen molar-refractivity contribution in [3.05, 3.63) is 35.9 Å². The number of esters is 1. The number of Topliss-reactive ketones (excluding diaryl/α,β-unsaturated/α-hetero) is 1. The summed E-state index contributed by atoms with van der Waals surface area (Å²) in [5.41, 5.74) is 0.980. The van der Waals surface area contributed by atoms with Gasteiger partial charge in [0.05, 0.1) is 12.0 Å². The lowest BCUT2D eigenvalue weighted by atomic mass is 9.83. The molecule has 0 unspecified atom stereocenters. The Balaban J connectivity index is 1.64. The molecule has 0 radical (unpaired) electrons. The molecule has 0 spiro atoms. The summed E-state index contributed by atoms with van der Waals surface area (Å²) < 4.78 is 5.45. The number of hydrogen-bond acceptors (Lipinski definition) is 4. The maximum atomic E-state index is 12.4. The molecule has 2 aliphatic heterocycles. The quantitative estimate of drug-likeness (QED) is 0.799.